The van der Waals surface area contributed by atoms with Crippen LogP contribution in [0, 0.1) is 5.82 Å². The second-order valence-corrected chi connectivity index (χ2v) is 6.14. The summed E-state index contributed by atoms with van der Waals surface area (Å²) in [5, 5.41) is 4.40. The summed E-state index contributed by atoms with van der Waals surface area (Å²) in [5.41, 5.74) is 1.82. The number of nitrogens with one attached hydrogen (secondary N) is 1. The highest BCUT2D eigenvalue weighted by molar-refractivity contribution is 9.10. The SMILES string of the molecule is CNC(Cc1cc(F)ccc1Br)c1ccc(Cl)cc1Cl. The first-order valence-corrected chi connectivity index (χ1v) is 7.62. The minimum absolute atomic E-state index is 0.0159. The molecule has 1 N–H and O–H groups in total. The van der Waals surface area contributed by atoms with Crippen LogP contribution in [0.3, 0.4) is 0 Å². The highest BCUT2D eigenvalue weighted by Gasteiger charge is 2.15. The summed E-state index contributed by atoms with van der Waals surface area (Å²) >= 11 is 15.6. The van der Waals surface area contributed by atoms with Crippen molar-refractivity contribution in [1.82, 2.24) is 5.32 Å². The molecule has 2 aromatic rings. The van der Waals surface area contributed by atoms with Crippen LogP contribution in [0.25, 0.3) is 0 Å². The van der Waals surface area contributed by atoms with Crippen molar-refractivity contribution in [1.29, 1.82) is 0 Å². The third-order valence-corrected chi connectivity index (χ3v) is 4.45. The zero-order valence-electron chi connectivity index (χ0n) is 10.8. The van der Waals surface area contributed by atoms with E-state index >= 15 is 0 Å². The van der Waals surface area contributed by atoms with Crippen molar-refractivity contribution in [2.45, 2.75) is 12.5 Å². The van der Waals surface area contributed by atoms with Gasteiger partial charge in [-0.1, -0.05) is 45.2 Å². The summed E-state index contributed by atoms with van der Waals surface area (Å²) in [5.74, 6) is -0.250. The molecule has 0 aromatic heterocycles. The van der Waals surface area contributed by atoms with Crippen LogP contribution in [0.4, 0.5) is 4.39 Å². The zero-order valence-corrected chi connectivity index (χ0v) is 13.9. The van der Waals surface area contributed by atoms with E-state index in [9.17, 15) is 4.39 Å². The van der Waals surface area contributed by atoms with Crippen LogP contribution >= 0.6 is 39.1 Å². The molecule has 0 spiro atoms. The lowest BCUT2D eigenvalue weighted by Crippen LogP contribution is -2.19. The number of hydrogen-bond acceptors (Lipinski definition) is 1. The van der Waals surface area contributed by atoms with Crippen molar-refractivity contribution in [3.05, 3.63) is 67.9 Å². The summed E-state index contributed by atoms with van der Waals surface area (Å²) in [6.07, 6.45) is 0.621. The molecule has 1 nitrogen and oxygen atoms in total. The fourth-order valence-electron chi connectivity index (χ4n) is 2.07. The lowest BCUT2D eigenvalue weighted by molar-refractivity contribution is 0.583. The summed E-state index contributed by atoms with van der Waals surface area (Å²) in [6.45, 7) is 0. The lowest BCUT2D eigenvalue weighted by atomic mass is 9.99. The van der Waals surface area contributed by atoms with Crippen molar-refractivity contribution >= 4 is 39.1 Å². The van der Waals surface area contributed by atoms with Crippen LogP contribution in [0.1, 0.15) is 17.2 Å². The first kappa shape index (κ1) is 15.8. The van der Waals surface area contributed by atoms with E-state index in [2.05, 4.69) is 21.2 Å². The van der Waals surface area contributed by atoms with Gasteiger partial charge in [0.25, 0.3) is 0 Å². The zero-order chi connectivity index (χ0) is 14.7. The highest BCUT2D eigenvalue weighted by Crippen LogP contribution is 2.30. The van der Waals surface area contributed by atoms with Crippen LogP contribution in [0.5, 0.6) is 0 Å². The van der Waals surface area contributed by atoms with Crippen LogP contribution in [0.15, 0.2) is 40.9 Å². The third-order valence-electron chi connectivity index (χ3n) is 3.12. The van der Waals surface area contributed by atoms with Crippen LogP contribution in [-0.4, -0.2) is 7.05 Å². The Kier molecular flexibility index (Phi) is 5.44. The molecule has 2 aromatic carbocycles. The molecule has 0 aliphatic heterocycles. The predicted molar refractivity (Wildman–Crippen MR) is 86.1 cm³/mol. The molecule has 0 aliphatic carbocycles. The van der Waals surface area contributed by atoms with Gasteiger partial charge in [0.2, 0.25) is 0 Å². The molecule has 0 saturated heterocycles. The van der Waals surface area contributed by atoms with E-state index in [4.69, 9.17) is 23.2 Å². The van der Waals surface area contributed by atoms with E-state index in [1.165, 1.54) is 12.1 Å². The Labute approximate surface area is 136 Å². The molecule has 1 atom stereocenters. The fourth-order valence-corrected chi connectivity index (χ4v) is 3.02. The average Bonchev–Trinajstić information content (AvgIpc) is 2.40. The summed E-state index contributed by atoms with van der Waals surface area (Å²) in [6, 6.07) is 10.0. The Morgan fingerprint density at radius 2 is 1.95 bits per heavy atom. The molecule has 0 heterocycles. The van der Waals surface area contributed by atoms with Gasteiger partial charge in [-0.25, -0.2) is 4.39 Å². The smallest absolute Gasteiger partial charge is 0.123 e. The Morgan fingerprint density at radius 1 is 1.20 bits per heavy atom. The summed E-state index contributed by atoms with van der Waals surface area (Å²) in [4.78, 5) is 0. The monoisotopic (exact) mass is 375 g/mol. The first-order valence-electron chi connectivity index (χ1n) is 6.07. The molecule has 1 unspecified atom stereocenters. The predicted octanol–water partition coefficient (Wildman–Crippen LogP) is 5.40. The number of halogens is 4. The fraction of sp³-hybridized carbons (Fsp3) is 0.200. The second kappa shape index (κ2) is 6.90. The average molecular weight is 377 g/mol. The molecule has 5 heteroatoms. The minimum Gasteiger partial charge on any atom is -0.313 e. The maximum absolute atomic E-state index is 13.4. The Morgan fingerprint density at radius 3 is 2.60 bits per heavy atom. The van der Waals surface area contributed by atoms with E-state index in [1.54, 1.807) is 18.2 Å². The molecule has 106 valence electrons. The van der Waals surface area contributed by atoms with Gasteiger partial charge in [-0.3, -0.25) is 0 Å². The van der Waals surface area contributed by atoms with Gasteiger partial charge in [-0.2, -0.15) is 0 Å². The summed E-state index contributed by atoms with van der Waals surface area (Å²) < 4.78 is 14.2. The topological polar surface area (TPSA) is 12.0 Å². The Hall–Kier alpha value is -0.610. The number of benzene rings is 2. The third kappa shape index (κ3) is 3.73. The van der Waals surface area contributed by atoms with E-state index in [-0.39, 0.29) is 11.9 Å². The van der Waals surface area contributed by atoms with Crippen molar-refractivity contribution in [2.24, 2.45) is 0 Å². The van der Waals surface area contributed by atoms with Crippen molar-refractivity contribution in [3.63, 3.8) is 0 Å². The highest BCUT2D eigenvalue weighted by atomic mass is 79.9. The molecule has 0 amide bonds. The van der Waals surface area contributed by atoms with Gasteiger partial charge in [0, 0.05) is 20.6 Å². The molecule has 0 radical (unpaired) electrons. The Bertz CT molecular complexity index is 619. The maximum atomic E-state index is 13.4. The molecule has 0 saturated carbocycles. The van der Waals surface area contributed by atoms with Gasteiger partial charge in [-0.05, 0) is 54.9 Å². The summed E-state index contributed by atoms with van der Waals surface area (Å²) in [7, 11) is 1.85. The quantitative estimate of drug-likeness (QED) is 0.753. The largest absolute Gasteiger partial charge is 0.313 e. The molecule has 0 fully saturated rings. The van der Waals surface area contributed by atoms with Gasteiger partial charge < -0.3 is 5.32 Å². The van der Waals surface area contributed by atoms with Gasteiger partial charge >= 0.3 is 0 Å². The van der Waals surface area contributed by atoms with Crippen LogP contribution < -0.4 is 5.32 Å². The number of hydrogen-bond donors (Lipinski definition) is 1. The van der Waals surface area contributed by atoms with E-state index in [1.807, 2.05) is 13.1 Å². The molecule has 0 bridgehead atoms. The van der Waals surface area contributed by atoms with Crippen molar-refractivity contribution in [2.75, 3.05) is 7.05 Å². The second-order valence-electron chi connectivity index (χ2n) is 4.45. The van der Waals surface area contributed by atoms with Crippen molar-refractivity contribution < 1.29 is 4.39 Å². The van der Waals surface area contributed by atoms with Gasteiger partial charge in [-0.15, -0.1) is 0 Å². The normalized spacial score (nSPS) is 12.4. The lowest BCUT2D eigenvalue weighted by Gasteiger charge is -2.19. The van der Waals surface area contributed by atoms with E-state index < -0.39 is 0 Å². The Balaban J connectivity index is 2.31. The van der Waals surface area contributed by atoms with E-state index in [0.717, 1.165) is 15.6 Å². The molecule has 0 aliphatic rings. The standard InChI is InChI=1S/C15H13BrCl2FN/c1-20-15(12-4-2-10(17)8-14(12)18)7-9-6-11(19)3-5-13(9)16/h2-6,8,15,20H,7H2,1H3. The molecule has 20 heavy (non-hydrogen) atoms. The first-order chi connectivity index (χ1) is 9.51. The molecular weight excluding hydrogens is 364 g/mol. The molecular formula is C15H13BrCl2FN. The van der Waals surface area contributed by atoms with Crippen LogP contribution in [0.2, 0.25) is 10.0 Å². The van der Waals surface area contributed by atoms with Crippen LogP contribution in [-0.2, 0) is 6.42 Å². The van der Waals surface area contributed by atoms with Gasteiger partial charge in [0.1, 0.15) is 5.82 Å². The van der Waals surface area contributed by atoms with Gasteiger partial charge in [0.15, 0.2) is 0 Å². The van der Waals surface area contributed by atoms with Crippen molar-refractivity contribution in [3.8, 4) is 0 Å². The maximum Gasteiger partial charge on any atom is 0.123 e. The molecule has 2 rings (SSSR count). The number of likely N-dealkylation sites (N-methyl/N-ethyl adjacent to an activating group) is 1. The van der Waals surface area contributed by atoms with Gasteiger partial charge in [0.05, 0.1) is 0 Å². The van der Waals surface area contributed by atoms with E-state index in [0.29, 0.717) is 16.5 Å². The minimum atomic E-state index is -0.250. The number of rotatable bonds is 4.